The van der Waals surface area contributed by atoms with E-state index in [-0.39, 0.29) is 15.8 Å². The fourth-order valence-electron chi connectivity index (χ4n) is 3.07. The average Bonchev–Trinajstić information content (AvgIpc) is 3.31. The van der Waals surface area contributed by atoms with Gasteiger partial charge in [-0.15, -0.1) is 0 Å². The van der Waals surface area contributed by atoms with Crippen LogP contribution in [-0.4, -0.2) is 78.5 Å². The maximum absolute atomic E-state index is 11.6. The summed E-state index contributed by atoms with van der Waals surface area (Å²) in [5.74, 6) is 0.378. The zero-order valence-corrected chi connectivity index (χ0v) is 18.0. The van der Waals surface area contributed by atoms with Gasteiger partial charge in [0.1, 0.15) is 30.2 Å². The number of hydrogen-bond acceptors (Lipinski definition) is 11. The summed E-state index contributed by atoms with van der Waals surface area (Å²) in [5, 5.41) is 24.8. The SMILES string of the molecule is Cn1cnn2c(=S)c3ncn([C@@H]4O[C@H](COP(=O)(O)OP(=O)(O)O)[C@@H](O)[C@H]4O)c3nc12. The van der Waals surface area contributed by atoms with E-state index < -0.39 is 46.8 Å². The van der Waals surface area contributed by atoms with Gasteiger partial charge in [0.25, 0.3) is 0 Å². The molecule has 31 heavy (non-hydrogen) atoms. The van der Waals surface area contributed by atoms with Crippen LogP contribution in [0, 0.1) is 4.64 Å². The number of ether oxygens (including phenoxy) is 1. The summed E-state index contributed by atoms with van der Waals surface area (Å²) in [4.78, 5) is 35.2. The highest BCUT2D eigenvalue weighted by Crippen LogP contribution is 2.57. The molecule has 1 saturated heterocycles. The van der Waals surface area contributed by atoms with E-state index in [1.54, 1.807) is 11.6 Å². The molecular weight excluding hydrogens is 482 g/mol. The zero-order valence-electron chi connectivity index (χ0n) is 15.4. The lowest BCUT2D eigenvalue weighted by Gasteiger charge is -2.17. The van der Waals surface area contributed by atoms with Crippen LogP contribution in [0.2, 0.25) is 0 Å². The second-order valence-electron chi connectivity index (χ2n) is 6.58. The molecule has 16 nitrogen and oxygen atoms in total. The van der Waals surface area contributed by atoms with Gasteiger partial charge in [0.2, 0.25) is 5.78 Å². The number of rotatable bonds is 6. The van der Waals surface area contributed by atoms with Crippen molar-refractivity contribution in [1.29, 1.82) is 0 Å². The Labute approximate surface area is 177 Å². The molecule has 0 amide bonds. The molecule has 0 aromatic carbocycles. The summed E-state index contributed by atoms with van der Waals surface area (Å²) in [5.41, 5.74) is 0.509. The van der Waals surface area contributed by atoms with Crippen molar-refractivity contribution in [1.82, 2.24) is 28.7 Å². The van der Waals surface area contributed by atoms with E-state index in [4.69, 9.17) is 26.7 Å². The quantitative estimate of drug-likeness (QED) is 0.203. The number of aromatic nitrogens is 6. The normalized spacial score (nSPS) is 26.6. The number of aryl methyl sites for hydroxylation is 1. The molecule has 1 aliphatic heterocycles. The molecule has 3 aromatic heterocycles. The monoisotopic (exact) mass is 498 g/mol. The van der Waals surface area contributed by atoms with Crippen molar-refractivity contribution in [2.75, 3.05) is 6.61 Å². The molecule has 0 spiro atoms. The van der Waals surface area contributed by atoms with Crippen molar-refractivity contribution in [3.63, 3.8) is 0 Å². The summed E-state index contributed by atoms with van der Waals surface area (Å²) < 4.78 is 40.6. The number of nitrogens with zero attached hydrogens (tertiary/aromatic N) is 6. The van der Waals surface area contributed by atoms with E-state index in [2.05, 4.69) is 23.9 Å². The number of imidazole rings is 1. The molecule has 4 heterocycles. The molecule has 1 unspecified atom stereocenters. The number of phosphoric acid groups is 2. The summed E-state index contributed by atoms with van der Waals surface area (Å²) in [6.07, 6.45) is -2.92. The number of aliphatic hydroxyl groups is 2. The highest BCUT2D eigenvalue weighted by Gasteiger charge is 2.46. The van der Waals surface area contributed by atoms with Crippen molar-refractivity contribution >= 4 is 44.8 Å². The average molecular weight is 498 g/mol. The predicted octanol–water partition coefficient (Wildman–Crippen LogP) is -1.01. The molecule has 5 N–H and O–H groups in total. The molecule has 170 valence electrons. The van der Waals surface area contributed by atoms with E-state index in [9.17, 15) is 24.2 Å². The summed E-state index contributed by atoms with van der Waals surface area (Å²) in [7, 11) is -8.77. The Morgan fingerprint density at radius 3 is 2.61 bits per heavy atom. The van der Waals surface area contributed by atoms with E-state index in [1.165, 1.54) is 21.7 Å². The highest BCUT2D eigenvalue weighted by atomic mass is 32.1. The third-order valence-electron chi connectivity index (χ3n) is 4.44. The fourth-order valence-corrected chi connectivity index (χ4v) is 4.94. The largest absolute Gasteiger partial charge is 0.481 e. The zero-order chi connectivity index (χ0) is 22.7. The Balaban J connectivity index is 1.60. The molecule has 4 rings (SSSR count). The third-order valence-corrected chi connectivity index (χ3v) is 6.95. The van der Waals surface area contributed by atoms with Gasteiger partial charge in [0, 0.05) is 7.05 Å². The molecule has 0 bridgehead atoms. The van der Waals surface area contributed by atoms with Gasteiger partial charge in [-0.2, -0.15) is 18.9 Å². The van der Waals surface area contributed by atoms with Crippen molar-refractivity contribution < 1.29 is 47.6 Å². The minimum atomic E-state index is -5.31. The van der Waals surface area contributed by atoms with Crippen LogP contribution >= 0.6 is 27.9 Å². The van der Waals surface area contributed by atoms with E-state index in [0.29, 0.717) is 5.78 Å². The van der Waals surface area contributed by atoms with Gasteiger partial charge >= 0.3 is 15.6 Å². The maximum atomic E-state index is 11.6. The molecule has 5 atom stereocenters. The molecule has 1 fully saturated rings. The Bertz CT molecular complexity index is 1300. The lowest BCUT2D eigenvalue weighted by Crippen LogP contribution is -2.33. The number of aliphatic hydroxyl groups excluding tert-OH is 2. The summed E-state index contributed by atoms with van der Waals surface area (Å²) in [6, 6.07) is 0. The molecule has 19 heteroatoms. The smallest absolute Gasteiger partial charge is 0.387 e. The Morgan fingerprint density at radius 1 is 1.23 bits per heavy atom. The molecule has 0 aliphatic carbocycles. The Kier molecular flexibility index (Phi) is 5.65. The maximum Gasteiger partial charge on any atom is 0.481 e. The van der Waals surface area contributed by atoms with Gasteiger partial charge in [0.15, 0.2) is 16.5 Å². The lowest BCUT2D eigenvalue weighted by atomic mass is 10.1. The molecule has 1 aliphatic rings. The van der Waals surface area contributed by atoms with Gasteiger partial charge < -0.3 is 34.2 Å². The highest BCUT2D eigenvalue weighted by molar-refractivity contribution is 7.71. The Morgan fingerprint density at radius 2 is 1.94 bits per heavy atom. The molecule has 0 radical (unpaired) electrons. The van der Waals surface area contributed by atoms with Crippen LogP contribution in [0.25, 0.3) is 16.9 Å². The van der Waals surface area contributed by atoms with Crippen molar-refractivity contribution in [3.05, 3.63) is 17.3 Å². The van der Waals surface area contributed by atoms with Crippen LogP contribution in [0.15, 0.2) is 12.7 Å². The van der Waals surface area contributed by atoms with Crippen LogP contribution in [0.4, 0.5) is 0 Å². The summed E-state index contributed by atoms with van der Waals surface area (Å²) >= 11 is 5.36. The second-order valence-corrected chi connectivity index (χ2v) is 9.79. The summed E-state index contributed by atoms with van der Waals surface area (Å²) in [6.45, 7) is -0.823. The van der Waals surface area contributed by atoms with Crippen LogP contribution in [0.3, 0.4) is 0 Å². The van der Waals surface area contributed by atoms with Crippen LogP contribution in [-0.2, 0) is 29.7 Å². The number of hydrogen-bond donors (Lipinski definition) is 5. The number of fused-ring (bicyclic) bond motifs is 2. The minimum Gasteiger partial charge on any atom is -0.387 e. The van der Waals surface area contributed by atoms with Crippen LogP contribution < -0.4 is 0 Å². The van der Waals surface area contributed by atoms with E-state index in [1.807, 2.05) is 0 Å². The third kappa shape index (κ3) is 4.22. The van der Waals surface area contributed by atoms with Gasteiger partial charge in [-0.1, -0.05) is 12.2 Å². The standard InChI is InChI=1S/C12H16N6O10P2S/c1-16-4-14-18-11(31)6-9(15-12(16)18)17(3-13-6)10-8(20)7(19)5(27-10)2-26-30(24,25)28-29(21,22)23/h3-5,7-8,10,19-20H,2H2,1H3,(H,24,25)(H2,21,22,23)/t5-,7-,8-,10-/m1/s1. The molecular formula is C12H16N6O10P2S. The van der Waals surface area contributed by atoms with Gasteiger partial charge in [-0.05, 0) is 0 Å². The molecule has 0 saturated carbocycles. The van der Waals surface area contributed by atoms with Crippen molar-refractivity contribution in [2.45, 2.75) is 24.5 Å². The first kappa shape index (κ1) is 22.6. The van der Waals surface area contributed by atoms with Crippen LogP contribution in [0.5, 0.6) is 0 Å². The lowest BCUT2D eigenvalue weighted by molar-refractivity contribution is -0.0503. The first-order valence-corrected chi connectivity index (χ1v) is 11.8. The first-order valence-electron chi connectivity index (χ1n) is 8.41. The van der Waals surface area contributed by atoms with Gasteiger partial charge in [0.05, 0.1) is 12.9 Å². The Hall–Kier alpha value is -1.62. The minimum absolute atomic E-state index is 0.226. The van der Waals surface area contributed by atoms with Crippen LogP contribution in [0.1, 0.15) is 6.23 Å². The van der Waals surface area contributed by atoms with Crippen molar-refractivity contribution in [2.24, 2.45) is 7.05 Å². The second kappa shape index (κ2) is 7.75. The molecule has 3 aromatic rings. The predicted molar refractivity (Wildman–Crippen MR) is 101 cm³/mol. The van der Waals surface area contributed by atoms with Gasteiger partial charge in [-0.3, -0.25) is 9.09 Å². The van der Waals surface area contributed by atoms with Gasteiger partial charge in [-0.25, -0.2) is 14.1 Å². The first-order chi connectivity index (χ1) is 14.4. The fraction of sp³-hybridized carbons (Fsp3) is 0.500. The number of phosphoric ester groups is 1. The van der Waals surface area contributed by atoms with E-state index in [0.717, 1.165) is 0 Å². The van der Waals surface area contributed by atoms with E-state index >= 15 is 0 Å². The topological polar surface area (TPSA) is 216 Å². The van der Waals surface area contributed by atoms with Crippen molar-refractivity contribution in [3.8, 4) is 0 Å².